The number of ether oxygens (including phenoxy) is 2. The topological polar surface area (TPSA) is 48.3 Å². The molecular formula is C15H21N3O2. The summed E-state index contributed by atoms with van der Waals surface area (Å²) < 4.78 is 12.4. The van der Waals surface area contributed by atoms with Crippen molar-refractivity contribution in [2.24, 2.45) is 0 Å². The molecule has 0 unspecified atom stereocenters. The summed E-state index contributed by atoms with van der Waals surface area (Å²) in [5.41, 5.74) is 2.24. The van der Waals surface area contributed by atoms with Gasteiger partial charge in [-0.25, -0.2) is 0 Å². The molecule has 5 nitrogen and oxygen atoms in total. The molecule has 1 aromatic heterocycles. The van der Waals surface area contributed by atoms with E-state index in [1.807, 2.05) is 41.2 Å². The molecule has 1 heterocycles. The fourth-order valence-corrected chi connectivity index (χ4v) is 1.90. The normalized spacial score (nSPS) is 10.5. The van der Waals surface area contributed by atoms with Gasteiger partial charge in [-0.2, -0.15) is 5.10 Å². The van der Waals surface area contributed by atoms with Gasteiger partial charge in [0.2, 0.25) is 0 Å². The van der Waals surface area contributed by atoms with Crippen LogP contribution in [0.1, 0.15) is 12.6 Å². The minimum atomic E-state index is 0.568. The second-order valence-electron chi connectivity index (χ2n) is 4.36. The number of aryl methyl sites for hydroxylation is 1. The van der Waals surface area contributed by atoms with Crippen LogP contribution in [0, 0.1) is 0 Å². The number of nitrogens with one attached hydrogen (secondary N) is 1. The van der Waals surface area contributed by atoms with E-state index in [4.69, 9.17) is 9.47 Å². The van der Waals surface area contributed by atoms with E-state index >= 15 is 0 Å². The predicted octanol–water partition coefficient (Wildman–Crippen LogP) is 2.54. The van der Waals surface area contributed by atoms with Gasteiger partial charge in [0.1, 0.15) is 12.4 Å². The van der Waals surface area contributed by atoms with Crippen molar-refractivity contribution in [3.05, 3.63) is 42.2 Å². The van der Waals surface area contributed by atoms with Crippen LogP contribution < -0.4 is 10.1 Å². The van der Waals surface area contributed by atoms with Gasteiger partial charge < -0.3 is 14.8 Å². The summed E-state index contributed by atoms with van der Waals surface area (Å²) in [6.07, 6.45) is 1.83. The Kier molecular flexibility index (Phi) is 5.43. The second-order valence-corrected chi connectivity index (χ2v) is 4.36. The zero-order valence-electron chi connectivity index (χ0n) is 12.0. The highest BCUT2D eigenvalue weighted by atomic mass is 16.5. The molecule has 0 atom stereocenters. The minimum absolute atomic E-state index is 0.568. The highest BCUT2D eigenvalue weighted by molar-refractivity contribution is 5.46. The SMILES string of the molecule is CCn1nccc1CNc1ccc(OCCOC)cc1. The van der Waals surface area contributed by atoms with Gasteiger partial charge in [0, 0.05) is 25.5 Å². The van der Waals surface area contributed by atoms with E-state index in [1.54, 1.807) is 7.11 Å². The van der Waals surface area contributed by atoms with Gasteiger partial charge in [-0.05, 0) is 37.3 Å². The van der Waals surface area contributed by atoms with Crippen LogP contribution in [0.25, 0.3) is 0 Å². The Morgan fingerprint density at radius 2 is 1.95 bits per heavy atom. The number of anilines is 1. The van der Waals surface area contributed by atoms with E-state index in [0.717, 1.165) is 24.5 Å². The van der Waals surface area contributed by atoms with Crippen LogP contribution in [0.4, 0.5) is 5.69 Å². The molecule has 5 heteroatoms. The molecule has 1 N–H and O–H groups in total. The summed E-state index contributed by atoms with van der Waals surface area (Å²) in [6.45, 7) is 4.90. The van der Waals surface area contributed by atoms with Crippen LogP contribution in [0.2, 0.25) is 0 Å². The number of rotatable bonds is 8. The van der Waals surface area contributed by atoms with Gasteiger partial charge in [0.05, 0.1) is 18.8 Å². The fraction of sp³-hybridized carbons (Fsp3) is 0.400. The fourth-order valence-electron chi connectivity index (χ4n) is 1.90. The molecule has 0 fully saturated rings. The third kappa shape index (κ3) is 3.99. The lowest BCUT2D eigenvalue weighted by atomic mass is 10.3. The van der Waals surface area contributed by atoms with Crippen molar-refractivity contribution >= 4 is 5.69 Å². The van der Waals surface area contributed by atoms with Crippen molar-refractivity contribution in [1.29, 1.82) is 0 Å². The second kappa shape index (κ2) is 7.55. The molecule has 2 rings (SSSR count). The Labute approximate surface area is 119 Å². The average molecular weight is 275 g/mol. The van der Waals surface area contributed by atoms with Gasteiger partial charge in [-0.3, -0.25) is 4.68 Å². The monoisotopic (exact) mass is 275 g/mol. The van der Waals surface area contributed by atoms with Crippen molar-refractivity contribution in [3.63, 3.8) is 0 Å². The van der Waals surface area contributed by atoms with E-state index in [9.17, 15) is 0 Å². The maximum atomic E-state index is 5.52. The first-order chi connectivity index (χ1) is 9.83. The number of methoxy groups -OCH3 is 1. The van der Waals surface area contributed by atoms with Crippen LogP contribution in [-0.2, 0) is 17.8 Å². The lowest BCUT2D eigenvalue weighted by molar-refractivity contribution is 0.146. The molecule has 108 valence electrons. The molecule has 0 saturated heterocycles. The molecule has 1 aromatic carbocycles. The minimum Gasteiger partial charge on any atom is -0.491 e. The van der Waals surface area contributed by atoms with Crippen LogP contribution >= 0.6 is 0 Å². The van der Waals surface area contributed by atoms with E-state index in [1.165, 1.54) is 5.69 Å². The van der Waals surface area contributed by atoms with Crippen LogP contribution in [0.5, 0.6) is 5.75 Å². The Balaban J connectivity index is 1.84. The highest BCUT2D eigenvalue weighted by Crippen LogP contribution is 2.16. The maximum Gasteiger partial charge on any atom is 0.119 e. The molecule has 0 aliphatic heterocycles. The zero-order chi connectivity index (χ0) is 14.2. The van der Waals surface area contributed by atoms with Gasteiger partial charge in [-0.1, -0.05) is 0 Å². The Hall–Kier alpha value is -2.01. The first kappa shape index (κ1) is 14.4. The van der Waals surface area contributed by atoms with Crippen LogP contribution in [0.3, 0.4) is 0 Å². The molecule has 0 radical (unpaired) electrons. The van der Waals surface area contributed by atoms with E-state index in [2.05, 4.69) is 17.3 Å². The van der Waals surface area contributed by atoms with Gasteiger partial charge >= 0.3 is 0 Å². The third-order valence-corrected chi connectivity index (χ3v) is 2.99. The first-order valence-electron chi connectivity index (χ1n) is 6.80. The quantitative estimate of drug-likeness (QED) is 0.752. The Morgan fingerprint density at radius 3 is 2.65 bits per heavy atom. The lowest BCUT2D eigenvalue weighted by Crippen LogP contribution is -2.08. The lowest BCUT2D eigenvalue weighted by Gasteiger charge is -2.09. The number of nitrogens with zero attached hydrogens (tertiary/aromatic N) is 2. The number of hydrogen-bond donors (Lipinski definition) is 1. The predicted molar refractivity (Wildman–Crippen MR) is 79.0 cm³/mol. The smallest absolute Gasteiger partial charge is 0.119 e. The summed E-state index contributed by atoms with van der Waals surface area (Å²) >= 11 is 0. The summed E-state index contributed by atoms with van der Waals surface area (Å²) in [5.74, 6) is 0.853. The van der Waals surface area contributed by atoms with Crippen molar-refractivity contribution in [3.8, 4) is 5.75 Å². The molecule has 0 bridgehead atoms. The third-order valence-electron chi connectivity index (χ3n) is 2.99. The molecule has 0 spiro atoms. The molecule has 0 aliphatic carbocycles. The molecule has 20 heavy (non-hydrogen) atoms. The summed E-state index contributed by atoms with van der Waals surface area (Å²) in [6, 6.07) is 9.95. The summed E-state index contributed by atoms with van der Waals surface area (Å²) in [4.78, 5) is 0. The van der Waals surface area contributed by atoms with Crippen molar-refractivity contribution in [2.75, 3.05) is 25.6 Å². The van der Waals surface area contributed by atoms with E-state index in [-0.39, 0.29) is 0 Å². The number of benzene rings is 1. The standard InChI is InChI=1S/C15H21N3O2/c1-3-18-14(8-9-17-18)12-16-13-4-6-15(7-5-13)20-11-10-19-2/h4-9,16H,3,10-12H2,1-2H3. The Bertz CT molecular complexity index is 508. The number of hydrogen-bond acceptors (Lipinski definition) is 4. The maximum absolute atomic E-state index is 5.52. The number of aromatic nitrogens is 2. The van der Waals surface area contributed by atoms with Crippen molar-refractivity contribution < 1.29 is 9.47 Å². The molecule has 0 amide bonds. The van der Waals surface area contributed by atoms with Gasteiger partial charge in [0.15, 0.2) is 0 Å². The Morgan fingerprint density at radius 1 is 1.15 bits per heavy atom. The van der Waals surface area contributed by atoms with Crippen LogP contribution in [-0.4, -0.2) is 30.1 Å². The largest absolute Gasteiger partial charge is 0.491 e. The first-order valence-corrected chi connectivity index (χ1v) is 6.80. The molecule has 0 saturated carbocycles. The van der Waals surface area contributed by atoms with E-state index in [0.29, 0.717) is 13.2 Å². The van der Waals surface area contributed by atoms with Crippen molar-refractivity contribution in [2.45, 2.75) is 20.0 Å². The highest BCUT2D eigenvalue weighted by Gasteiger charge is 2.00. The summed E-state index contributed by atoms with van der Waals surface area (Å²) in [7, 11) is 1.66. The van der Waals surface area contributed by atoms with Crippen LogP contribution in [0.15, 0.2) is 36.5 Å². The van der Waals surface area contributed by atoms with E-state index < -0.39 is 0 Å². The molecular weight excluding hydrogens is 254 g/mol. The van der Waals surface area contributed by atoms with Crippen molar-refractivity contribution in [1.82, 2.24) is 9.78 Å². The average Bonchev–Trinajstić information content (AvgIpc) is 2.94. The zero-order valence-corrected chi connectivity index (χ0v) is 12.0. The molecule has 0 aliphatic rings. The van der Waals surface area contributed by atoms with Gasteiger partial charge in [0.25, 0.3) is 0 Å². The van der Waals surface area contributed by atoms with Gasteiger partial charge in [-0.15, -0.1) is 0 Å². The molecule has 2 aromatic rings. The summed E-state index contributed by atoms with van der Waals surface area (Å²) in [5, 5.41) is 7.62.